The third-order valence-corrected chi connectivity index (χ3v) is 2.06. The molecule has 1 aromatic rings. The summed E-state index contributed by atoms with van der Waals surface area (Å²) in [6.45, 7) is 0. The van der Waals surface area contributed by atoms with Crippen molar-refractivity contribution in [1.82, 2.24) is 0 Å². The van der Waals surface area contributed by atoms with Crippen molar-refractivity contribution in [2.45, 2.75) is 11.8 Å². The monoisotopic (exact) mass is 151 g/mol. The Balaban J connectivity index is 2.42. The average molecular weight is 151 g/mol. The lowest BCUT2D eigenvalue weighted by Gasteiger charge is -1.99. The zero-order valence-corrected chi connectivity index (χ0v) is 6.44. The fraction of sp³-hybridized carbons (Fsp3) is 0.250. The Kier molecular flexibility index (Phi) is 1.34. The Hall–Kier alpha value is -0.630. The van der Waals surface area contributed by atoms with Crippen LogP contribution in [0.3, 0.4) is 0 Å². The van der Waals surface area contributed by atoms with Gasteiger partial charge in [-0.3, -0.25) is 0 Å². The van der Waals surface area contributed by atoms with Crippen LogP contribution < -0.4 is 5.32 Å². The molecule has 2 heteroatoms. The Morgan fingerprint density at radius 3 is 3.00 bits per heavy atom. The molecule has 1 aromatic carbocycles. The molecular formula is C8H9NS. The molecule has 0 aliphatic carbocycles. The molecule has 10 heavy (non-hydrogen) atoms. The van der Waals surface area contributed by atoms with Crippen molar-refractivity contribution in [3.63, 3.8) is 0 Å². The number of rotatable bonds is 0. The van der Waals surface area contributed by atoms with Crippen molar-refractivity contribution in [3.8, 4) is 0 Å². The van der Waals surface area contributed by atoms with Crippen LogP contribution in [-0.2, 0) is 6.42 Å². The van der Waals surface area contributed by atoms with Crippen molar-refractivity contribution < 1.29 is 0 Å². The van der Waals surface area contributed by atoms with Crippen LogP contribution in [0, 0.1) is 0 Å². The highest BCUT2D eigenvalue weighted by Gasteiger charge is 2.14. The maximum absolute atomic E-state index is 4.33. The van der Waals surface area contributed by atoms with E-state index in [4.69, 9.17) is 0 Å². The van der Waals surface area contributed by atoms with Crippen LogP contribution in [0.2, 0.25) is 0 Å². The number of nitrogens with one attached hydrogen (secondary N) is 1. The van der Waals surface area contributed by atoms with Gasteiger partial charge >= 0.3 is 0 Å². The van der Waals surface area contributed by atoms with Gasteiger partial charge in [0.25, 0.3) is 0 Å². The average Bonchev–Trinajstić information content (AvgIpc) is 2.27. The highest BCUT2D eigenvalue weighted by molar-refractivity contribution is 7.81. The number of thiol groups is 1. The molecule has 0 bridgehead atoms. The van der Waals surface area contributed by atoms with Crippen molar-refractivity contribution in [1.29, 1.82) is 0 Å². The van der Waals surface area contributed by atoms with Crippen LogP contribution in [0.5, 0.6) is 0 Å². The van der Waals surface area contributed by atoms with Crippen LogP contribution in [0.1, 0.15) is 5.56 Å². The number of anilines is 1. The summed E-state index contributed by atoms with van der Waals surface area (Å²) in [4.78, 5) is 0. The molecule has 0 spiro atoms. The number of hydrogen-bond donors (Lipinski definition) is 2. The molecule has 0 saturated carbocycles. The summed E-state index contributed by atoms with van der Waals surface area (Å²) >= 11 is 4.33. The second kappa shape index (κ2) is 2.20. The summed E-state index contributed by atoms with van der Waals surface area (Å²) in [6, 6.07) is 8.33. The molecule has 0 radical (unpaired) electrons. The van der Waals surface area contributed by atoms with E-state index in [2.05, 4.69) is 36.1 Å². The number of para-hydroxylation sites is 1. The lowest BCUT2D eigenvalue weighted by Crippen LogP contribution is -2.04. The van der Waals surface area contributed by atoms with Crippen LogP contribution in [-0.4, -0.2) is 5.37 Å². The minimum atomic E-state index is 0.317. The molecular weight excluding hydrogens is 142 g/mol. The van der Waals surface area contributed by atoms with E-state index in [9.17, 15) is 0 Å². The predicted molar refractivity (Wildman–Crippen MR) is 46.5 cm³/mol. The lowest BCUT2D eigenvalue weighted by atomic mass is 10.2. The predicted octanol–water partition coefficient (Wildman–Crippen LogP) is 1.91. The molecule has 0 unspecified atom stereocenters. The molecule has 1 heterocycles. The second-order valence-electron chi connectivity index (χ2n) is 2.52. The van der Waals surface area contributed by atoms with Crippen molar-refractivity contribution in [2.75, 3.05) is 5.32 Å². The summed E-state index contributed by atoms with van der Waals surface area (Å²) in [5.74, 6) is 0. The van der Waals surface area contributed by atoms with Gasteiger partial charge in [0.15, 0.2) is 0 Å². The van der Waals surface area contributed by atoms with Crippen LogP contribution in [0.25, 0.3) is 0 Å². The van der Waals surface area contributed by atoms with E-state index in [1.807, 2.05) is 6.07 Å². The van der Waals surface area contributed by atoms with E-state index in [1.54, 1.807) is 0 Å². The minimum absolute atomic E-state index is 0.317. The van der Waals surface area contributed by atoms with Crippen LogP contribution in [0.15, 0.2) is 24.3 Å². The quantitative estimate of drug-likeness (QED) is 0.540. The van der Waals surface area contributed by atoms with Gasteiger partial charge in [-0.25, -0.2) is 0 Å². The van der Waals surface area contributed by atoms with Crippen molar-refractivity contribution in [2.24, 2.45) is 0 Å². The Labute approximate surface area is 65.9 Å². The minimum Gasteiger partial charge on any atom is -0.373 e. The van der Waals surface area contributed by atoms with Gasteiger partial charge in [0, 0.05) is 12.1 Å². The lowest BCUT2D eigenvalue weighted by molar-refractivity contribution is 1.04. The summed E-state index contributed by atoms with van der Waals surface area (Å²) in [7, 11) is 0. The first-order chi connectivity index (χ1) is 4.86. The van der Waals surface area contributed by atoms with Gasteiger partial charge < -0.3 is 5.32 Å². The summed E-state index contributed by atoms with van der Waals surface area (Å²) in [6.07, 6.45) is 1.04. The van der Waals surface area contributed by atoms with Crippen LogP contribution >= 0.6 is 12.6 Å². The molecule has 1 aliphatic rings. The van der Waals surface area contributed by atoms with E-state index in [0.29, 0.717) is 5.37 Å². The van der Waals surface area contributed by atoms with Gasteiger partial charge in [0.2, 0.25) is 0 Å². The first kappa shape index (κ1) is 6.10. The highest BCUT2D eigenvalue weighted by atomic mass is 32.1. The van der Waals surface area contributed by atoms with Gasteiger partial charge in [0.1, 0.15) is 0 Å². The first-order valence-electron chi connectivity index (χ1n) is 3.39. The molecule has 0 aromatic heterocycles. The number of fused-ring (bicyclic) bond motifs is 1. The maximum atomic E-state index is 4.33. The van der Waals surface area contributed by atoms with Crippen LogP contribution in [0.4, 0.5) is 5.69 Å². The van der Waals surface area contributed by atoms with Gasteiger partial charge in [-0.1, -0.05) is 18.2 Å². The summed E-state index contributed by atoms with van der Waals surface area (Å²) < 4.78 is 0. The van der Waals surface area contributed by atoms with E-state index >= 15 is 0 Å². The topological polar surface area (TPSA) is 12.0 Å². The molecule has 0 fully saturated rings. The molecule has 1 atom stereocenters. The van der Waals surface area contributed by atoms with Gasteiger partial charge in [-0.2, -0.15) is 12.6 Å². The second-order valence-corrected chi connectivity index (χ2v) is 3.14. The summed E-state index contributed by atoms with van der Waals surface area (Å²) in [5.41, 5.74) is 2.62. The van der Waals surface area contributed by atoms with E-state index in [-0.39, 0.29) is 0 Å². The standard InChI is InChI=1S/C8H9NS/c10-8-5-6-3-1-2-4-7(6)9-8/h1-4,8-10H,5H2/t8-/m1/s1. The van der Waals surface area contributed by atoms with Gasteiger partial charge in [-0.05, 0) is 11.6 Å². The normalized spacial score (nSPS) is 21.9. The van der Waals surface area contributed by atoms with Gasteiger partial charge in [0.05, 0.1) is 5.37 Å². The number of hydrogen-bond acceptors (Lipinski definition) is 2. The number of benzene rings is 1. The fourth-order valence-corrected chi connectivity index (χ4v) is 1.61. The van der Waals surface area contributed by atoms with Crippen molar-refractivity contribution in [3.05, 3.63) is 29.8 Å². The van der Waals surface area contributed by atoms with Crippen molar-refractivity contribution >= 4 is 18.3 Å². The largest absolute Gasteiger partial charge is 0.373 e. The third-order valence-electron chi connectivity index (χ3n) is 1.75. The van der Waals surface area contributed by atoms with E-state index in [1.165, 1.54) is 11.3 Å². The molecule has 1 N–H and O–H groups in total. The van der Waals surface area contributed by atoms with Gasteiger partial charge in [-0.15, -0.1) is 0 Å². The molecule has 0 amide bonds. The molecule has 52 valence electrons. The smallest absolute Gasteiger partial charge is 0.0734 e. The van der Waals surface area contributed by atoms with E-state index < -0.39 is 0 Å². The Bertz CT molecular complexity index is 222. The molecule has 1 aliphatic heterocycles. The molecule has 0 saturated heterocycles. The SMILES string of the molecule is S[C@@H]1Cc2ccccc2N1. The van der Waals surface area contributed by atoms with E-state index in [0.717, 1.165) is 6.42 Å². The zero-order chi connectivity index (χ0) is 6.97. The zero-order valence-electron chi connectivity index (χ0n) is 5.54. The Morgan fingerprint density at radius 1 is 1.40 bits per heavy atom. The third kappa shape index (κ3) is 0.886. The molecule has 1 nitrogen and oxygen atoms in total. The first-order valence-corrected chi connectivity index (χ1v) is 3.90. The summed E-state index contributed by atoms with van der Waals surface area (Å²) in [5, 5.41) is 3.58. The fourth-order valence-electron chi connectivity index (χ4n) is 1.28. The Morgan fingerprint density at radius 2 is 2.20 bits per heavy atom. The highest BCUT2D eigenvalue weighted by Crippen LogP contribution is 2.25. The molecule has 2 rings (SSSR count). The maximum Gasteiger partial charge on any atom is 0.0734 e.